The molecule has 3 aliphatic rings. The highest BCUT2D eigenvalue weighted by Gasteiger charge is 2.44. The van der Waals surface area contributed by atoms with Crippen LogP contribution in [0.25, 0.3) is 0 Å². The number of aliphatic hydroxyl groups excluding tert-OH is 1. The van der Waals surface area contributed by atoms with Gasteiger partial charge in [0, 0.05) is 18.0 Å². The number of piperidine rings is 1. The third-order valence-corrected chi connectivity index (χ3v) is 5.17. The molecule has 0 spiro atoms. The minimum Gasteiger partial charge on any atom is -0.393 e. The number of hydrogen-bond donors (Lipinski definition) is 1. The molecule has 2 aliphatic heterocycles. The Hall–Kier alpha value is -0.570. The summed E-state index contributed by atoms with van der Waals surface area (Å²) in [4.78, 5) is 14.9. The quantitative estimate of drug-likeness (QED) is 0.727. The molecule has 0 radical (unpaired) electrons. The normalized spacial score (nSPS) is 37.6. The summed E-state index contributed by atoms with van der Waals surface area (Å²) in [5.74, 6) is 0.696. The lowest BCUT2D eigenvalue weighted by atomic mass is 9.94. The van der Waals surface area contributed by atoms with Crippen LogP contribution in [0.3, 0.4) is 0 Å². The van der Waals surface area contributed by atoms with Crippen LogP contribution in [0.2, 0.25) is 0 Å². The topological polar surface area (TPSA) is 40.5 Å². The van der Waals surface area contributed by atoms with Gasteiger partial charge in [-0.05, 0) is 38.5 Å². The van der Waals surface area contributed by atoms with Gasteiger partial charge >= 0.3 is 0 Å². The number of nitrogens with zero attached hydrogens (tertiary/aromatic N) is 1. The lowest BCUT2D eigenvalue weighted by molar-refractivity contribution is -0.142. The maximum absolute atomic E-state index is 12.7. The minimum absolute atomic E-state index is 0.166. The van der Waals surface area contributed by atoms with Crippen molar-refractivity contribution in [2.45, 2.75) is 82.4 Å². The van der Waals surface area contributed by atoms with Crippen LogP contribution in [0.1, 0.15) is 64.2 Å². The van der Waals surface area contributed by atoms with Crippen LogP contribution >= 0.6 is 0 Å². The van der Waals surface area contributed by atoms with Gasteiger partial charge in [0.05, 0.1) is 6.10 Å². The summed E-state index contributed by atoms with van der Waals surface area (Å²) in [5, 5.41) is 9.81. The Morgan fingerprint density at radius 1 is 0.889 bits per heavy atom. The highest BCUT2D eigenvalue weighted by Crippen LogP contribution is 2.38. The van der Waals surface area contributed by atoms with Crippen LogP contribution in [0.5, 0.6) is 0 Å². The van der Waals surface area contributed by atoms with Crippen LogP contribution in [0.15, 0.2) is 0 Å². The van der Waals surface area contributed by atoms with Crippen molar-refractivity contribution in [1.29, 1.82) is 0 Å². The molecule has 0 aromatic rings. The molecule has 1 amide bonds. The van der Waals surface area contributed by atoms with Crippen molar-refractivity contribution in [3.8, 4) is 0 Å². The summed E-state index contributed by atoms with van der Waals surface area (Å²) in [6.45, 7) is 0. The largest absolute Gasteiger partial charge is 0.393 e. The van der Waals surface area contributed by atoms with Crippen molar-refractivity contribution in [2.24, 2.45) is 5.92 Å². The maximum Gasteiger partial charge on any atom is 0.226 e. The van der Waals surface area contributed by atoms with Gasteiger partial charge in [-0.2, -0.15) is 0 Å². The Kier molecular flexibility index (Phi) is 3.60. The van der Waals surface area contributed by atoms with E-state index in [0.29, 0.717) is 18.0 Å². The van der Waals surface area contributed by atoms with Crippen LogP contribution < -0.4 is 0 Å². The van der Waals surface area contributed by atoms with E-state index in [0.717, 1.165) is 38.5 Å². The number of amides is 1. The molecule has 1 aliphatic carbocycles. The van der Waals surface area contributed by atoms with E-state index in [1.54, 1.807) is 0 Å². The molecule has 1 N–H and O–H groups in total. The average molecular weight is 251 g/mol. The highest BCUT2D eigenvalue weighted by atomic mass is 16.3. The van der Waals surface area contributed by atoms with E-state index in [4.69, 9.17) is 0 Å². The lowest BCUT2D eigenvalue weighted by Gasteiger charge is -2.39. The fourth-order valence-corrected chi connectivity index (χ4v) is 4.25. The summed E-state index contributed by atoms with van der Waals surface area (Å²) in [6.07, 6.45) is 10.9. The maximum atomic E-state index is 12.7. The second-order valence-electron chi connectivity index (χ2n) is 6.44. The summed E-state index contributed by atoms with van der Waals surface area (Å²) in [6, 6.07) is 0.684. The van der Waals surface area contributed by atoms with E-state index >= 15 is 0 Å². The second kappa shape index (κ2) is 5.20. The third-order valence-electron chi connectivity index (χ3n) is 5.17. The van der Waals surface area contributed by atoms with Gasteiger partial charge in [-0.15, -0.1) is 0 Å². The number of fused-ring (bicyclic) bond motifs is 2. The predicted octanol–water partition coefficient (Wildman–Crippen LogP) is 2.47. The third kappa shape index (κ3) is 2.29. The van der Waals surface area contributed by atoms with Gasteiger partial charge in [0.25, 0.3) is 0 Å². The molecule has 2 bridgehead atoms. The molecular formula is C15H25NO2. The van der Waals surface area contributed by atoms with Gasteiger partial charge in [0.1, 0.15) is 0 Å². The molecule has 0 aromatic carbocycles. The first-order chi connectivity index (χ1) is 8.75. The Morgan fingerprint density at radius 2 is 1.44 bits per heavy atom. The van der Waals surface area contributed by atoms with Crippen LogP contribution in [-0.4, -0.2) is 34.1 Å². The molecule has 2 saturated heterocycles. The second-order valence-corrected chi connectivity index (χ2v) is 6.44. The minimum atomic E-state index is -0.166. The Balaban J connectivity index is 1.68. The summed E-state index contributed by atoms with van der Waals surface area (Å²) in [5.41, 5.74) is 0. The average Bonchev–Trinajstić information content (AvgIpc) is 2.59. The lowest BCUT2D eigenvalue weighted by Crippen LogP contribution is -2.50. The first-order valence-electron chi connectivity index (χ1n) is 7.76. The van der Waals surface area contributed by atoms with Crippen molar-refractivity contribution < 1.29 is 9.90 Å². The summed E-state index contributed by atoms with van der Waals surface area (Å²) < 4.78 is 0. The molecule has 102 valence electrons. The van der Waals surface area contributed by atoms with Gasteiger partial charge in [-0.3, -0.25) is 4.79 Å². The van der Waals surface area contributed by atoms with E-state index in [1.165, 1.54) is 25.7 Å². The highest BCUT2D eigenvalue weighted by molar-refractivity contribution is 5.80. The molecule has 1 saturated carbocycles. The standard InChI is InChI=1S/C15H25NO2/c17-14-9-12-7-8-13(10-14)16(12)15(18)11-5-3-1-2-4-6-11/h11-14,17H,1-10H2. The van der Waals surface area contributed by atoms with Crippen LogP contribution in [0.4, 0.5) is 0 Å². The fourth-order valence-electron chi connectivity index (χ4n) is 4.25. The molecule has 3 nitrogen and oxygen atoms in total. The van der Waals surface area contributed by atoms with Gasteiger partial charge in [0.15, 0.2) is 0 Å². The molecule has 2 heterocycles. The molecule has 3 rings (SSSR count). The SMILES string of the molecule is O=C(C1CCCCCC1)N1C2CCC1CC(O)C2. The van der Waals surface area contributed by atoms with Crippen molar-refractivity contribution in [1.82, 2.24) is 4.90 Å². The Bertz CT molecular complexity index is 296. The summed E-state index contributed by atoms with van der Waals surface area (Å²) in [7, 11) is 0. The van der Waals surface area contributed by atoms with E-state index in [2.05, 4.69) is 4.90 Å². The monoisotopic (exact) mass is 251 g/mol. The predicted molar refractivity (Wildman–Crippen MR) is 70.1 cm³/mol. The Labute approximate surface area is 110 Å². The number of carbonyl (C=O) groups excluding carboxylic acids is 1. The molecule has 0 aromatic heterocycles. The molecule has 3 heteroatoms. The van der Waals surface area contributed by atoms with E-state index in [9.17, 15) is 9.90 Å². The molecule has 18 heavy (non-hydrogen) atoms. The smallest absolute Gasteiger partial charge is 0.226 e. The van der Waals surface area contributed by atoms with E-state index in [-0.39, 0.29) is 12.0 Å². The van der Waals surface area contributed by atoms with E-state index in [1.807, 2.05) is 0 Å². The van der Waals surface area contributed by atoms with Crippen molar-refractivity contribution in [3.63, 3.8) is 0 Å². The number of aliphatic hydroxyl groups is 1. The number of hydrogen-bond acceptors (Lipinski definition) is 2. The van der Waals surface area contributed by atoms with Gasteiger partial charge < -0.3 is 10.0 Å². The molecule has 2 atom stereocenters. The van der Waals surface area contributed by atoms with Gasteiger partial charge in [-0.1, -0.05) is 25.7 Å². The zero-order valence-corrected chi connectivity index (χ0v) is 11.2. The van der Waals surface area contributed by atoms with E-state index < -0.39 is 0 Å². The first kappa shape index (κ1) is 12.5. The van der Waals surface area contributed by atoms with Gasteiger partial charge in [-0.25, -0.2) is 0 Å². The van der Waals surface area contributed by atoms with Crippen LogP contribution in [-0.2, 0) is 4.79 Å². The fraction of sp³-hybridized carbons (Fsp3) is 0.933. The number of rotatable bonds is 1. The molecular weight excluding hydrogens is 226 g/mol. The van der Waals surface area contributed by atoms with Crippen molar-refractivity contribution in [3.05, 3.63) is 0 Å². The number of carbonyl (C=O) groups is 1. The Morgan fingerprint density at radius 3 is 2.00 bits per heavy atom. The van der Waals surface area contributed by atoms with Crippen LogP contribution in [0, 0.1) is 5.92 Å². The van der Waals surface area contributed by atoms with Gasteiger partial charge in [0.2, 0.25) is 5.91 Å². The van der Waals surface area contributed by atoms with Crippen molar-refractivity contribution >= 4 is 5.91 Å². The van der Waals surface area contributed by atoms with Crippen molar-refractivity contribution in [2.75, 3.05) is 0 Å². The summed E-state index contributed by atoms with van der Waals surface area (Å²) >= 11 is 0. The zero-order valence-electron chi connectivity index (χ0n) is 11.2. The molecule has 2 unspecified atom stereocenters. The zero-order chi connectivity index (χ0) is 12.5. The first-order valence-corrected chi connectivity index (χ1v) is 7.76. The molecule has 3 fully saturated rings.